The van der Waals surface area contributed by atoms with E-state index in [1.54, 1.807) is 19.1 Å². The first-order valence-electron chi connectivity index (χ1n) is 6.58. The van der Waals surface area contributed by atoms with Crippen LogP contribution in [0.2, 0.25) is 0 Å². The molecule has 0 aliphatic heterocycles. The van der Waals surface area contributed by atoms with Crippen LogP contribution < -0.4 is 5.32 Å². The maximum absolute atomic E-state index is 13.8. The number of aryl methyl sites for hydroxylation is 1. The third-order valence-corrected chi connectivity index (χ3v) is 4.12. The van der Waals surface area contributed by atoms with Gasteiger partial charge in [0.25, 0.3) is 0 Å². The molecule has 0 saturated carbocycles. The summed E-state index contributed by atoms with van der Waals surface area (Å²) in [5.74, 6) is -2.19. The minimum absolute atomic E-state index is 0.0504. The molecule has 1 nitrogen and oxygen atoms in total. The summed E-state index contributed by atoms with van der Waals surface area (Å²) >= 11 is 3.08. The quantitative estimate of drug-likeness (QED) is 0.769. The third kappa shape index (κ3) is 3.30. The lowest BCUT2D eigenvalue weighted by atomic mass is 9.97. The number of nitrogens with one attached hydrogen (secondary N) is 1. The average Bonchev–Trinajstić information content (AvgIpc) is 2.46. The minimum Gasteiger partial charge on any atom is -0.306 e. The van der Waals surface area contributed by atoms with Crippen molar-refractivity contribution >= 4 is 15.9 Å². The fraction of sp³-hybridized carbons (Fsp3) is 0.250. The molecule has 0 radical (unpaired) electrons. The first-order chi connectivity index (χ1) is 9.95. The van der Waals surface area contributed by atoms with Crippen LogP contribution in [0, 0.1) is 24.4 Å². The summed E-state index contributed by atoms with van der Waals surface area (Å²) in [4.78, 5) is 0. The zero-order chi connectivity index (χ0) is 15.6. The molecule has 1 unspecified atom stereocenters. The molecule has 0 heterocycles. The molecule has 1 N–H and O–H groups in total. The molecule has 21 heavy (non-hydrogen) atoms. The highest BCUT2D eigenvalue weighted by Gasteiger charge is 2.20. The third-order valence-electron chi connectivity index (χ3n) is 3.31. The Kier molecular flexibility index (Phi) is 5.06. The van der Waals surface area contributed by atoms with Crippen LogP contribution in [-0.4, -0.2) is 6.54 Å². The van der Waals surface area contributed by atoms with Gasteiger partial charge in [-0.2, -0.15) is 0 Å². The lowest BCUT2D eigenvalue weighted by Crippen LogP contribution is -2.23. The van der Waals surface area contributed by atoms with E-state index in [9.17, 15) is 13.2 Å². The van der Waals surface area contributed by atoms with E-state index in [-0.39, 0.29) is 10.3 Å². The Hall–Kier alpha value is -1.33. The van der Waals surface area contributed by atoms with Crippen molar-refractivity contribution < 1.29 is 13.2 Å². The van der Waals surface area contributed by atoms with Crippen molar-refractivity contribution in [1.29, 1.82) is 0 Å². The van der Waals surface area contributed by atoms with Crippen molar-refractivity contribution in [1.82, 2.24) is 5.32 Å². The van der Waals surface area contributed by atoms with Crippen molar-refractivity contribution in [2.24, 2.45) is 0 Å². The van der Waals surface area contributed by atoms with Gasteiger partial charge in [0.05, 0.1) is 10.5 Å². The average molecular weight is 358 g/mol. The van der Waals surface area contributed by atoms with E-state index in [1.165, 1.54) is 12.1 Å². The smallest absolute Gasteiger partial charge is 0.173 e. The van der Waals surface area contributed by atoms with Gasteiger partial charge in [-0.1, -0.05) is 25.1 Å². The monoisotopic (exact) mass is 357 g/mol. The summed E-state index contributed by atoms with van der Waals surface area (Å²) < 4.78 is 40.8. The van der Waals surface area contributed by atoms with Crippen molar-refractivity contribution in [3.63, 3.8) is 0 Å². The minimum atomic E-state index is -0.942. The highest BCUT2D eigenvalue weighted by atomic mass is 79.9. The second kappa shape index (κ2) is 6.62. The van der Waals surface area contributed by atoms with Crippen molar-refractivity contribution in [2.75, 3.05) is 6.54 Å². The van der Waals surface area contributed by atoms with Crippen LogP contribution >= 0.6 is 15.9 Å². The SMILES string of the molecule is CCNC(c1ccc(C)c(F)c1)c1ccc(F)c(F)c1Br. The molecule has 112 valence electrons. The number of hydrogen-bond acceptors (Lipinski definition) is 1. The maximum atomic E-state index is 13.8. The predicted octanol–water partition coefficient (Wildman–Crippen LogP) is 4.87. The van der Waals surface area contributed by atoms with Gasteiger partial charge in [0.15, 0.2) is 11.6 Å². The van der Waals surface area contributed by atoms with Crippen LogP contribution in [0.4, 0.5) is 13.2 Å². The van der Waals surface area contributed by atoms with Gasteiger partial charge in [-0.15, -0.1) is 0 Å². The number of benzene rings is 2. The molecule has 0 aliphatic carbocycles. The van der Waals surface area contributed by atoms with E-state index >= 15 is 0 Å². The summed E-state index contributed by atoms with van der Waals surface area (Å²) in [5, 5.41) is 3.16. The normalized spacial score (nSPS) is 12.5. The molecule has 5 heteroatoms. The molecule has 2 aromatic rings. The Morgan fingerprint density at radius 3 is 2.43 bits per heavy atom. The van der Waals surface area contributed by atoms with Crippen LogP contribution in [0.5, 0.6) is 0 Å². The Bertz CT molecular complexity index is 658. The fourth-order valence-corrected chi connectivity index (χ4v) is 2.71. The maximum Gasteiger partial charge on any atom is 0.173 e. The number of hydrogen-bond donors (Lipinski definition) is 1. The largest absolute Gasteiger partial charge is 0.306 e. The molecular formula is C16H15BrF3N. The van der Waals surface area contributed by atoms with Crippen LogP contribution in [0.1, 0.15) is 29.7 Å². The van der Waals surface area contributed by atoms with Crippen molar-refractivity contribution in [2.45, 2.75) is 19.9 Å². The Morgan fingerprint density at radius 2 is 1.81 bits per heavy atom. The molecule has 0 amide bonds. The van der Waals surface area contributed by atoms with Crippen molar-refractivity contribution in [3.05, 3.63) is 68.9 Å². The second-order valence-corrected chi connectivity index (χ2v) is 5.56. The van der Waals surface area contributed by atoms with Gasteiger partial charge in [0.1, 0.15) is 5.82 Å². The Balaban J connectivity index is 2.53. The second-order valence-electron chi connectivity index (χ2n) is 4.76. The van der Waals surface area contributed by atoms with Crippen LogP contribution in [0.25, 0.3) is 0 Å². The van der Waals surface area contributed by atoms with E-state index in [1.807, 2.05) is 6.92 Å². The zero-order valence-electron chi connectivity index (χ0n) is 11.7. The highest BCUT2D eigenvalue weighted by Crippen LogP contribution is 2.32. The lowest BCUT2D eigenvalue weighted by Gasteiger charge is -2.21. The summed E-state index contributed by atoms with van der Waals surface area (Å²) in [6.45, 7) is 4.17. The fourth-order valence-electron chi connectivity index (χ4n) is 2.16. The van der Waals surface area contributed by atoms with Crippen LogP contribution in [-0.2, 0) is 0 Å². The van der Waals surface area contributed by atoms with Gasteiger partial charge in [0, 0.05) is 0 Å². The molecule has 0 aliphatic rings. The molecule has 0 aromatic heterocycles. The lowest BCUT2D eigenvalue weighted by molar-refractivity contribution is 0.498. The number of halogens is 4. The molecule has 1 atom stereocenters. The summed E-state index contributed by atoms with van der Waals surface area (Å²) in [6.07, 6.45) is 0. The van der Waals surface area contributed by atoms with E-state index in [0.717, 1.165) is 6.07 Å². The van der Waals surface area contributed by atoms with Crippen LogP contribution in [0.15, 0.2) is 34.8 Å². The molecular weight excluding hydrogens is 343 g/mol. The van der Waals surface area contributed by atoms with Gasteiger partial charge < -0.3 is 5.32 Å². The Morgan fingerprint density at radius 1 is 1.10 bits per heavy atom. The Labute approximate surface area is 130 Å². The van der Waals surface area contributed by atoms with Crippen LogP contribution in [0.3, 0.4) is 0 Å². The summed E-state index contributed by atoms with van der Waals surface area (Å²) in [5.41, 5.74) is 1.73. The molecule has 2 rings (SSSR count). The van der Waals surface area contributed by atoms with E-state index in [4.69, 9.17) is 0 Å². The van der Waals surface area contributed by atoms with Gasteiger partial charge >= 0.3 is 0 Å². The summed E-state index contributed by atoms with van der Waals surface area (Å²) in [6, 6.07) is 7.01. The first kappa shape index (κ1) is 16.0. The molecule has 0 bridgehead atoms. The van der Waals surface area contributed by atoms with Gasteiger partial charge in [-0.25, -0.2) is 13.2 Å². The molecule has 2 aromatic carbocycles. The van der Waals surface area contributed by atoms with Crippen molar-refractivity contribution in [3.8, 4) is 0 Å². The number of rotatable bonds is 4. The van der Waals surface area contributed by atoms with E-state index < -0.39 is 17.7 Å². The predicted molar refractivity (Wildman–Crippen MR) is 80.7 cm³/mol. The van der Waals surface area contributed by atoms with E-state index in [2.05, 4.69) is 21.2 Å². The zero-order valence-corrected chi connectivity index (χ0v) is 13.3. The van der Waals surface area contributed by atoms with Gasteiger partial charge in [0.2, 0.25) is 0 Å². The van der Waals surface area contributed by atoms with E-state index in [0.29, 0.717) is 23.2 Å². The highest BCUT2D eigenvalue weighted by molar-refractivity contribution is 9.10. The first-order valence-corrected chi connectivity index (χ1v) is 7.37. The topological polar surface area (TPSA) is 12.0 Å². The standard InChI is InChI=1S/C16H15BrF3N/c1-3-21-16(10-5-4-9(2)13(19)8-10)11-6-7-12(18)15(20)14(11)17/h4-8,16,21H,3H2,1-2H3. The molecule has 0 spiro atoms. The summed E-state index contributed by atoms with van der Waals surface area (Å²) in [7, 11) is 0. The molecule has 0 saturated heterocycles. The van der Waals surface area contributed by atoms with Gasteiger partial charge in [-0.3, -0.25) is 0 Å². The molecule has 0 fully saturated rings. The van der Waals surface area contributed by atoms with Gasteiger partial charge in [-0.05, 0) is 58.2 Å².